The van der Waals surface area contributed by atoms with Crippen molar-refractivity contribution in [3.05, 3.63) is 21.3 Å². The van der Waals surface area contributed by atoms with Gasteiger partial charge in [-0.25, -0.2) is 0 Å². The maximum absolute atomic E-state index is 10.3. The molecule has 5 heteroatoms. The van der Waals surface area contributed by atoms with Crippen molar-refractivity contribution in [1.82, 2.24) is 0 Å². The van der Waals surface area contributed by atoms with Crippen LogP contribution in [0.25, 0.3) is 0 Å². The van der Waals surface area contributed by atoms with Gasteiger partial charge >= 0.3 is 5.97 Å². The average molecular weight is 206 g/mol. The Hall–Kier alpha value is -0.580. The van der Waals surface area contributed by atoms with Gasteiger partial charge in [-0.2, -0.15) is 0 Å². The van der Waals surface area contributed by atoms with Gasteiger partial charge in [0.25, 0.3) is 0 Å². The molecule has 66 valence electrons. The fourth-order valence-corrected chi connectivity index (χ4v) is 1.90. The fraction of sp³-hybridized carbons (Fsp3) is 0.286. The van der Waals surface area contributed by atoms with Gasteiger partial charge in [-0.05, 0) is 6.07 Å². The molecule has 3 nitrogen and oxygen atoms in total. The standard InChI is InChI=1S/C7H8ClNO2S/c8-4-1-6(12-3-4)5(9)2-7(10)11/h1,3,5H,2,9H2,(H,10,11). The third-order valence-corrected chi connectivity index (χ3v) is 2.76. The van der Waals surface area contributed by atoms with Crippen molar-refractivity contribution in [3.63, 3.8) is 0 Å². The maximum atomic E-state index is 10.3. The third-order valence-electron chi connectivity index (χ3n) is 1.35. The van der Waals surface area contributed by atoms with E-state index in [0.717, 1.165) is 4.88 Å². The second-order valence-corrected chi connectivity index (χ2v) is 3.75. The molecule has 0 amide bonds. The zero-order chi connectivity index (χ0) is 9.14. The van der Waals surface area contributed by atoms with Crippen LogP contribution in [0, 0.1) is 0 Å². The summed E-state index contributed by atoms with van der Waals surface area (Å²) in [6.45, 7) is 0. The second kappa shape index (κ2) is 3.89. The van der Waals surface area contributed by atoms with Crippen LogP contribution >= 0.6 is 22.9 Å². The molecule has 0 fully saturated rings. The number of carboxylic acid groups (broad SMARTS) is 1. The van der Waals surface area contributed by atoms with Crippen LogP contribution in [0.4, 0.5) is 0 Å². The first-order valence-electron chi connectivity index (χ1n) is 3.31. The zero-order valence-electron chi connectivity index (χ0n) is 6.16. The molecule has 1 heterocycles. The lowest BCUT2D eigenvalue weighted by Gasteiger charge is -2.04. The van der Waals surface area contributed by atoms with Crippen LogP contribution in [0.5, 0.6) is 0 Å². The van der Waals surface area contributed by atoms with Gasteiger partial charge in [0.05, 0.1) is 11.4 Å². The Morgan fingerprint density at radius 2 is 2.50 bits per heavy atom. The molecule has 1 aromatic rings. The summed E-state index contributed by atoms with van der Waals surface area (Å²) in [4.78, 5) is 11.1. The topological polar surface area (TPSA) is 63.3 Å². The Bertz CT molecular complexity index is 287. The van der Waals surface area contributed by atoms with Gasteiger partial charge in [0, 0.05) is 16.3 Å². The van der Waals surface area contributed by atoms with E-state index in [1.807, 2.05) is 0 Å². The molecule has 1 atom stereocenters. The highest BCUT2D eigenvalue weighted by Gasteiger charge is 2.12. The van der Waals surface area contributed by atoms with Crippen LogP contribution in [-0.2, 0) is 4.79 Å². The summed E-state index contributed by atoms with van der Waals surface area (Å²) in [6.07, 6.45) is -0.0587. The predicted octanol–water partition coefficient (Wildman–Crippen LogP) is 1.88. The molecule has 0 aromatic carbocycles. The van der Waals surface area contributed by atoms with Crippen molar-refractivity contribution in [2.75, 3.05) is 0 Å². The van der Waals surface area contributed by atoms with Gasteiger partial charge in [0.1, 0.15) is 0 Å². The third kappa shape index (κ3) is 2.48. The van der Waals surface area contributed by atoms with Crippen molar-refractivity contribution < 1.29 is 9.90 Å². The minimum Gasteiger partial charge on any atom is -0.481 e. The van der Waals surface area contributed by atoms with Crippen LogP contribution in [-0.4, -0.2) is 11.1 Å². The van der Waals surface area contributed by atoms with E-state index in [1.165, 1.54) is 11.3 Å². The Kier molecular flexibility index (Phi) is 3.08. The molecule has 1 rings (SSSR count). The van der Waals surface area contributed by atoms with Crippen molar-refractivity contribution in [3.8, 4) is 0 Å². The first-order valence-corrected chi connectivity index (χ1v) is 4.56. The van der Waals surface area contributed by atoms with E-state index >= 15 is 0 Å². The van der Waals surface area contributed by atoms with Gasteiger partial charge in [0.15, 0.2) is 0 Å². The van der Waals surface area contributed by atoms with E-state index in [0.29, 0.717) is 5.02 Å². The first-order chi connectivity index (χ1) is 5.59. The monoisotopic (exact) mass is 205 g/mol. The number of nitrogens with two attached hydrogens (primary N) is 1. The van der Waals surface area contributed by atoms with Crippen LogP contribution in [0.3, 0.4) is 0 Å². The van der Waals surface area contributed by atoms with Crippen LogP contribution in [0.1, 0.15) is 17.3 Å². The van der Waals surface area contributed by atoms with Gasteiger partial charge in [-0.15, -0.1) is 11.3 Å². The van der Waals surface area contributed by atoms with Gasteiger partial charge in [-0.3, -0.25) is 4.79 Å². The molecular weight excluding hydrogens is 198 g/mol. The lowest BCUT2D eigenvalue weighted by atomic mass is 10.2. The number of thiophene rings is 1. The molecule has 12 heavy (non-hydrogen) atoms. The summed E-state index contributed by atoms with van der Waals surface area (Å²) < 4.78 is 0. The van der Waals surface area contributed by atoms with Crippen molar-refractivity contribution in [2.45, 2.75) is 12.5 Å². The molecule has 0 aliphatic rings. The highest BCUT2D eigenvalue weighted by atomic mass is 35.5. The summed E-state index contributed by atoms with van der Waals surface area (Å²) in [5, 5.41) is 10.8. The van der Waals surface area contributed by atoms with E-state index in [1.54, 1.807) is 11.4 Å². The first kappa shape index (κ1) is 9.51. The van der Waals surface area contributed by atoms with E-state index in [9.17, 15) is 4.79 Å². The zero-order valence-corrected chi connectivity index (χ0v) is 7.73. The summed E-state index contributed by atoms with van der Waals surface area (Å²) in [5.74, 6) is -0.896. The summed E-state index contributed by atoms with van der Waals surface area (Å²) in [6, 6.07) is 1.25. The molecule has 0 aliphatic heterocycles. The molecule has 0 aliphatic carbocycles. The molecule has 3 N–H and O–H groups in total. The Balaban J connectivity index is 2.64. The number of carbonyl (C=O) groups is 1. The highest BCUT2D eigenvalue weighted by Crippen LogP contribution is 2.25. The van der Waals surface area contributed by atoms with Crippen molar-refractivity contribution >= 4 is 28.9 Å². The minimum absolute atomic E-state index is 0.0587. The van der Waals surface area contributed by atoms with Crippen LogP contribution in [0.15, 0.2) is 11.4 Å². The van der Waals surface area contributed by atoms with Crippen molar-refractivity contribution in [2.24, 2.45) is 5.73 Å². The van der Waals surface area contributed by atoms with Crippen LogP contribution in [0.2, 0.25) is 5.02 Å². The quantitative estimate of drug-likeness (QED) is 0.792. The lowest BCUT2D eigenvalue weighted by molar-refractivity contribution is -0.137. The number of rotatable bonds is 3. The van der Waals surface area contributed by atoms with Crippen LogP contribution < -0.4 is 5.73 Å². The Labute approximate surface area is 78.8 Å². The molecule has 0 bridgehead atoms. The predicted molar refractivity (Wildman–Crippen MR) is 48.5 cm³/mol. The van der Waals surface area contributed by atoms with Gasteiger partial charge in [-0.1, -0.05) is 11.6 Å². The SMILES string of the molecule is NC(CC(=O)O)c1cc(Cl)cs1. The summed E-state index contributed by atoms with van der Waals surface area (Å²) in [5.41, 5.74) is 5.58. The molecule has 0 radical (unpaired) electrons. The molecule has 1 aromatic heterocycles. The highest BCUT2D eigenvalue weighted by molar-refractivity contribution is 7.10. The second-order valence-electron chi connectivity index (χ2n) is 2.37. The summed E-state index contributed by atoms with van der Waals surface area (Å²) in [7, 11) is 0. The van der Waals surface area contributed by atoms with Gasteiger partial charge < -0.3 is 10.8 Å². The van der Waals surface area contributed by atoms with E-state index < -0.39 is 12.0 Å². The molecule has 0 saturated heterocycles. The number of aliphatic carboxylic acids is 1. The fourth-order valence-electron chi connectivity index (χ4n) is 0.811. The Morgan fingerprint density at radius 3 is 2.92 bits per heavy atom. The molecule has 1 unspecified atom stereocenters. The Morgan fingerprint density at radius 1 is 1.83 bits per heavy atom. The number of carboxylic acids is 1. The summed E-state index contributed by atoms with van der Waals surface area (Å²) >= 11 is 7.03. The smallest absolute Gasteiger partial charge is 0.305 e. The number of hydrogen-bond donors (Lipinski definition) is 2. The normalized spacial score (nSPS) is 12.8. The maximum Gasteiger partial charge on any atom is 0.305 e. The molecular formula is C7H8ClNO2S. The number of hydrogen-bond acceptors (Lipinski definition) is 3. The van der Waals surface area contributed by atoms with E-state index in [-0.39, 0.29) is 6.42 Å². The minimum atomic E-state index is -0.896. The average Bonchev–Trinajstić information content (AvgIpc) is 2.34. The van der Waals surface area contributed by atoms with E-state index in [2.05, 4.69) is 0 Å². The lowest BCUT2D eigenvalue weighted by Crippen LogP contribution is -2.13. The molecule has 0 saturated carbocycles. The largest absolute Gasteiger partial charge is 0.481 e. The van der Waals surface area contributed by atoms with E-state index in [4.69, 9.17) is 22.4 Å². The molecule has 0 spiro atoms. The van der Waals surface area contributed by atoms with Crippen molar-refractivity contribution in [1.29, 1.82) is 0 Å². The number of halogens is 1. The van der Waals surface area contributed by atoms with Gasteiger partial charge in [0.2, 0.25) is 0 Å².